The van der Waals surface area contributed by atoms with Crippen LogP contribution in [0.5, 0.6) is 0 Å². The van der Waals surface area contributed by atoms with Crippen LogP contribution in [-0.4, -0.2) is 43.0 Å². The van der Waals surface area contributed by atoms with E-state index in [-0.39, 0.29) is 13.2 Å². The molecule has 0 atom stereocenters. The van der Waals surface area contributed by atoms with Crippen LogP contribution in [0, 0.1) is 6.92 Å². The number of aromatic nitrogens is 1. The average Bonchev–Trinajstić information content (AvgIpc) is 2.65. The van der Waals surface area contributed by atoms with Crippen molar-refractivity contribution in [2.45, 2.75) is 26.7 Å². The number of nitrogens with one attached hydrogen (secondary N) is 1. The zero-order valence-electron chi connectivity index (χ0n) is 10.8. The van der Waals surface area contributed by atoms with Gasteiger partial charge in [-0.1, -0.05) is 6.92 Å². The molecule has 0 amide bonds. The van der Waals surface area contributed by atoms with E-state index in [0.29, 0.717) is 11.6 Å². The third-order valence-electron chi connectivity index (χ3n) is 2.49. The van der Waals surface area contributed by atoms with Gasteiger partial charge in [0.05, 0.1) is 5.69 Å². The van der Waals surface area contributed by atoms with Crippen molar-refractivity contribution in [1.29, 1.82) is 0 Å². The largest absolute Gasteiger partial charge is 0.396 e. The van der Waals surface area contributed by atoms with Gasteiger partial charge in [-0.2, -0.15) is 12.7 Å². The topological polar surface area (TPSA) is 82.5 Å². The zero-order chi connectivity index (χ0) is 13.8. The van der Waals surface area contributed by atoms with Crippen molar-refractivity contribution in [2.24, 2.45) is 0 Å². The Kier molecular flexibility index (Phi) is 5.51. The SMILES string of the molecule is CCc1nc(NS(=O)(=O)N(C)CCCO)sc1C. The summed E-state index contributed by atoms with van der Waals surface area (Å²) in [5, 5.41) is 9.08. The molecular formula is C10H19N3O3S2. The fourth-order valence-electron chi connectivity index (χ4n) is 1.40. The standard InChI is InChI=1S/C10H19N3O3S2/c1-4-9-8(2)17-10(11-9)12-18(15,16)13(3)6-5-7-14/h14H,4-7H2,1-3H3,(H,11,12). The number of aryl methyl sites for hydroxylation is 2. The Hall–Kier alpha value is -0.700. The van der Waals surface area contributed by atoms with E-state index in [1.165, 1.54) is 22.7 Å². The summed E-state index contributed by atoms with van der Waals surface area (Å²) in [4.78, 5) is 5.25. The van der Waals surface area contributed by atoms with Gasteiger partial charge in [0.2, 0.25) is 0 Å². The first-order chi connectivity index (χ1) is 8.40. The van der Waals surface area contributed by atoms with E-state index in [1.54, 1.807) is 0 Å². The van der Waals surface area contributed by atoms with Crippen LogP contribution in [0.1, 0.15) is 23.9 Å². The highest BCUT2D eigenvalue weighted by Crippen LogP contribution is 2.23. The number of thiazole rings is 1. The second kappa shape index (κ2) is 6.46. The molecular weight excluding hydrogens is 274 g/mol. The Morgan fingerprint density at radius 3 is 2.67 bits per heavy atom. The third kappa shape index (κ3) is 3.91. The quantitative estimate of drug-likeness (QED) is 0.785. The molecule has 0 saturated carbocycles. The molecule has 1 heterocycles. The molecule has 6 nitrogen and oxygen atoms in total. The minimum Gasteiger partial charge on any atom is -0.396 e. The van der Waals surface area contributed by atoms with Crippen molar-refractivity contribution >= 4 is 26.7 Å². The lowest BCUT2D eigenvalue weighted by Crippen LogP contribution is -2.33. The number of aliphatic hydroxyl groups is 1. The Labute approximate surface area is 112 Å². The average molecular weight is 293 g/mol. The van der Waals surface area contributed by atoms with Gasteiger partial charge in [-0.3, -0.25) is 0 Å². The van der Waals surface area contributed by atoms with Crippen LogP contribution < -0.4 is 4.72 Å². The van der Waals surface area contributed by atoms with E-state index < -0.39 is 10.2 Å². The van der Waals surface area contributed by atoms with Gasteiger partial charge in [-0.05, 0) is 19.8 Å². The third-order valence-corrected chi connectivity index (χ3v) is 5.00. The molecule has 1 rings (SSSR count). The predicted molar refractivity (Wildman–Crippen MR) is 73.1 cm³/mol. The molecule has 18 heavy (non-hydrogen) atoms. The summed E-state index contributed by atoms with van der Waals surface area (Å²) in [7, 11) is -2.11. The first-order valence-electron chi connectivity index (χ1n) is 5.72. The van der Waals surface area contributed by atoms with Crippen LogP contribution in [0.4, 0.5) is 5.13 Å². The normalized spacial score (nSPS) is 12.1. The monoisotopic (exact) mass is 293 g/mol. The molecule has 104 valence electrons. The number of rotatable bonds is 7. The van der Waals surface area contributed by atoms with E-state index in [0.717, 1.165) is 17.0 Å². The summed E-state index contributed by atoms with van der Waals surface area (Å²) in [5.74, 6) is 0. The summed E-state index contributed by atoms with van der Waals surface area (Å²) in [6.07, 6.45) is 1.19. The van der Waals surface area contributed by atoms with E-state index in [9.17, 15) is 8.42 Å². The fraction of sp³-hybridized carbons (Fsp3) is 0.700. The highest BCUT2D eigenvalue weighted by molar-refractivity contribution is 7.90. The summed E-state index contributed by atoms with van der Waals surface area (Å²) in [5.41, 5.74) is 0.913. The number of anilines is 1. The lowest BCUT2D eigenvalue weighted by atomic mass is 10.3. The molecule has 0 aromatic carbocycles. The van der Waals surface area contributed by atoms with Gasteiger partial charge in [0.1, 0.15) is 0 Å². The molecule has 1 aromatic heterocycles. The van der Waals surface area contributed by atoms with E-state index >= 15 is 0 Å². The maximum Gasteiger partial charge on any atom is 0.303 e. The van der Waals surface area contributed by atoms with Gasteiger partial charge in [-0.25, -0.2) is 9.71 Å². The van der Waals surface area contributed by atoms with Gasteiger partial charge < -0.3 is 5.11 Å². The van der Waals surface area contributed by atoms with Gasteiger partial charge in [0.25, 0.3) is 0 Å². The van der Waals surface area contributed by atoms with Crippen molar-refractivity contribution < 1.29 is 13.5 Å². The Bertz CT molecular complexity index is 485. The minimum atomic E-state index is -3.58. The molecule has 0 fully saturated rings. The van der Waals surface area contributed by atoms with E-state index in [4.69, 9.17) is 5.11 Å². The highest BCUT2D eigenvalue weighted by Gasteiger charge is 2.19. The highest BCUT2D eigenvalue weighted by atomic mass is 32.2. The summed E-state index contributed by atoms with van der Waals surface area (Å²) >= 11 is 1.33. The van der Waals surface area contributed by atoms with E-state index in [2.05, 4.69) is 9.71 Å². The first kappa shape index (κ1) is 15.4. The smallest absolute Gasteiger partial charge is 0.303 e. The molecule has 0 radical (unpaired) electrons. The molecule has 0 bridgehead atoms. The Balaban J connectivity index is 2.75. The molecule has 0 unspecified atom stereocenters. The molecule has 0 aliphatic rings. The lowest BCUT2D eigenvalue weighted by molar-refractivity contribution is 0.276. The van der Waals surface area contributed by atoms with Crippen LogP contribution in [0.3, 0.4) is 0 Å². The van der Waals surface area contributed by atoms with Crippen molar-refractivity contribution in [1.82, 2.24) is 9.29 Å². The van der Waals surface area contributed by atoms with Crippen molar-refractivity contribution in [2.75, 3.05) is 24.9 Å². The number of hydrogen-bond acceptors (Lipinski definition) is 5. The maximum atomic E-state index is 11.9. The Morgan fingerprint density at radius 2 is 2.17 bits per heavy atom. The van der Waals surface area contributed by atoms with E-state index in [1.807, 2.05) is 13.8 Å². The molecule has 1 aromatic rings. The summed E-state index contributed by atoms with van der Waals surface area (Å²) in [6.45, 7) is 4.14. The molecule has 2 N–H and O–H groups in total. The summed E-state index contributed by atoms with van der Waals surface area (Å²) < 4.78 is 27.4. The summed E-state index contributed by atoms with van der Waals surface area (Å²) in [6, 6.07) is 0. The van der Waals surface area contributed by atoms with Crippen LogP contribution in [0.15, 0.2) is 0 Å². The fourth-order valence-corrected chi connectivity index (χ4v) is 3.43. The molecule has 0 aliphatic carbocycles. The molecule has 0 aliphatic heterocycles. The van der Waals surface area contributed by atoms with Crippen LogP contribution >= 0.6 is 11.3 Å². The van der Waals surface area contributed by atoms with Gasteiger partial charge in [0.15, 0.2) is 5.13 Å². The Morgan fingerprint density at radius 1 is 1.50 bits per heavy atom. The van der Waals surface area contributed by atoms with Gasteiger partial charge in [0, 0.05) is 25.1 Å². The molecule has 8 heteroatoms. The lowest BCUT2D eigenvalue weighted by Gasteiger charge is -2.16. The van der Waals surface area contributed by atoms with Crippen LogP contribution in [0.2, 0.25) is 0 Å². The van der Waals surface area contributed by atoms with Crippen molar-refractivity contribution in [3.05, 3.63) is 10.6 Å². The second-order valence-electron chi connectivity index (χ2n) is 3.88. The number of nitrogens with zero attached hydrogens (tertiary/aromatic N) is 2. The van der Waals surface area contributed by atoms with Gasteiger partial charge >= 0.3 is 10.2 Å². The molecule has 0 spiro atoms. The second-order valence-corrected chi connectivity index (χ2v) is 6.86. The predicted octanol–water partition coefficient (Wildman–Crippen LogP) is 0.985. The zero-order valence-corrected chi connectivity index (χ0v) is 12.4. The minimum absolute atomic E-state index is 0.0315. The van der Waals surface area contributed by atoms with Crippen LogP contribution in [0.25, 0.3) is 0 Å². The van der Waals surface area contributed by atoms with Gasteiger partial charge in [-0.15, -0.1) is 11.3 Å². The van der Waals surface area contributed by atoms with Crippen molar-refractivity contribution in [3.63, 3.8) is 0 Å². The number of aliphatic hydroxyl groups excluding tert-OH is 1. The molecule has 0 saturated heterocycles. The maximum absolute atomic E-state index is 11.9. The first-order valence-corrected chi connectivity index (χ1v) is 7.97. The number of hydrogen-bond donors (Lipinski definition) is 2. The van der Waals surface area contributed by atoms with Crippen LogP contribution in [-0.2, 0) is 16.6 Å². The van der Waals surface area contributed by atoms with Crippen molar-refractivity contribution in [3.8, 4) is 0 Å².